The van der Waals surface area contributed by atoms with Gasteiger partial charge in [-0.2, -0.15) is 0 Å². The van der Waals surface area contributed by atoms with Crippen LogP contribution < -0.4 is 0 Å². The normalized spacial score (nSPS) is 52.2. The maximum atomic E-state index is 11.7. The Kier molecular flexibility index (Phi) is 3.81. The summed E-state index contributed by atoms with van der Waals surface area (Å²) < 4.78 is 5.91. The lowest BCUT2D eigenvalue weighted by molar-refractivity contribution is -0.188. The van der Waals surface area contributed by atoms with Crippen LogP contribution in [0.4, 0.5) is 0 Å². The van der Waals surface area contributed by atoms with Gasteiger partial charge in [0.15, 0.2) is 0 Å². The second-order valence-electron chi connectivity index (χ2n) is 9.63. The summed E-state index contributed by atoms with van der Waals surface area (Å²) in [5.41, 5.74) is 0.868. The lowest BCUT2D eigenvalue weighted by atomic mass is 9.44. The van der Waals surface area contributed by atoms with Crippen molar-refractivity contribution in [3.63, 3.8) is 0 Å². The Morgan fingerprint density at radius 1 is 0.913 bits per heavy atom. The molecule has 0 aromatic heterocycles. The Hall–Kier alpha value is -0.530. The summed E-state index contributed by atoms with van der Waals surface area (Å²) in [6.07, 6.45) is 13.8. The third kappa shape index (κ3) is 2.30. The molecule has 4 fully saturated rings. The Bertz CT molecular complexity index is 486. The molecule has 0 bridgehead atoms. The number of esters is 1. The van der Waals surface area contributed by atoms with E-state index in [0.717, 1.165) is 30.1 Å². The van der Waals surface area contributed by atoms with Crippen LogP contribution in [0.15, 0.2) is 0 Å². The Balaban J connectivity index is 1.66. The number of carbonyl (C=O) groups excluding carboxylic acids is 1. The van der Waals surface area contributed by atoms with Crippen molar-refractivity contribution in [1.82, 2.24) is 0 Å². The highest BCUT2D eigenvalue weighted by Crippen LogP contribution is 2.66. The van der Waals surface area contributed by atoms with Gasteiger partial charge in [-0.25, -0.2) is 0 Å². The van der Waals surface area contributed by atoms with Crippen molar-refractivity contribution in [2.75, 3.05) is 0 Å². The van der Waals surface area contributed by atoms with Gasteiger partial charge in [0.2, 0.25) is 0 Å². The molecule has 0 amide bonds. The summed E-state index contributed by atoms with van der Waals surface area (Å²) >= 11 is 0. The molecular weight excluding hydrogens is 284 g/mol. The molecule has 7 atom stereocenters. The number of rotatable bonds is 1. The van der Waals surface area contributed by atoms with Crippen molar-refractivity contribution in [3.05, 3.63) is 0 Å². The Morgan fingerprint density at radius 3 is 2.52 bits per heavy atom. The molecule has 4 saturated carbocycles. The van der Waals surface area contributed by atoms with E-state index >= 15 is 0 Å². The van der Waals surface area contributed by atoms with Crippen LogP contribution in [0.3, 0.4) is 0 Å². The van der Waals surface area contributed by atoms with Gasteiger partial charge in [-0.15, -0.1) is 0 Å². The van der Waals surface area contributed by atoms with E-state index in [1.807, 2.05) is 0 Å². The summed E-state index contributed by atoms with van der Waals surface area (Å²) in [6, 6.07) is 0. The summed E-state index contributed by atoms with van der Waals surface area (Å²) in [7, 11) is 0. The molecule has 0 aromatic carbocycles. The molecule has 130 valence electrons. The summed E-state index contributed by atoms with van der Waals surface area (Å²) in [5, 5.41) is 0. The first-order chi connectivity index (χ1) is 10.9. The van der Waals surface area contributed by atoms with Crippen LogP contribution in [0.25, 0.3) is 0 Å². The Labute approximate surface area is 141 Å². The van der Waals surface area contributed by atoms with E-state index in [9.17, 15) is 4.79 Å². The van der Waals surface area contributed by atoms with Crippen molar-refractivity contribution in [3.8, 4) is 0 Å². The quantitative estimate of drug-likeness (QED) is 0.609. The highest BCUT2D eigenvalue weighted by atomic mass is 16.5. The first kappa shape index (κ1) is 16.0. The number of ether oxygens (including phenoxy) is 1. The minimum Gasteiger partial charge on any atom is -0.462 e. The zero-order valence-electron chi connectivity index (χ0n) is 15.3. The third-order valence-corrected chi connectivity index (χ3v) is 8.77. The molecule has 2 heteroatoms. The lowest BCUT2D eigenvalue weighted by Crippen LogP contribution is -2.57. The van der Waals surface area contributed by atoms with Gasteiger partial charge in [-0.1, -0.05) is 20.3 Å². The fourth-order valence-electron chi connectivity index (χ4n) is 7.67. The fourth-order valence-corrected chi connectivity index (χ4v) is 7.67. The van der Waals surface area contributed by atoms with Crippen molar-refractivity contribution in [2.24, 2.45) is 34.5 Å². The van der Waals surface area contributed by atoms with Crippen molar-refractivity contribution >= 4 is 5.97 Å². The Morgan fingerprint density at radius 2 is 1.74 bits per heavy atom. The van der Waals surface area contributed by atoms with E-state index in [-0.39, 0.29) is 17.5 Å². The third-order valence-electron chi connectivity index (χ3n) is 8.77. The topological polar surface area (TPSA) is 26.3 Å². The van der Waals surface area contributed by atoms with Gasteiger partial charge in [-0.05, 0) is 86.9 Å². The van der Waals surface area contributed by atoms with E-state index in [4.69, 9.17) is 4.74 Å². The SMILES string of the molecule is CC(=O)OC1CCCC2CCC3C4CCCC4(C)CCC3C21C. The van der Waals surface area contributed by atoms with Gasteiger partial charge in [0.25, 0.3) is 0 Å². The number of carbonyl (C=O) groups is 1. The largest absolute Gasteiger partial charge is 0.462 e. The molecule has 0 aliphatic heterocycles. The monoisotopic (exact) mass is 318 g/mol. The van der Waals surface area contributed by atoms with E-state index in [1.165, 1.54) is 57.8 Å². The minimum atomic E-state index is -0.0690. The summed E-state index contributed by atoms with van der Waals surface area (Å²) in [6.45, 7) is 6.67. The zero-order valence-corrected chi connectivity index (χ0v) is 15.3. The van der Waals surface area contributed by atoms with Gasteiger partial charge < -0.3 is 4.74 Å². The first-order valence-corrected chi connectivity index (χ1v) is 10.1. The predicted molar refractivity (Wildman–Crippen MR) is 91.9 cm³/mol. The average Bonchev–Trinajstić information content (AvgIpc) is 2.89. The summed E-state index contributed by atoms with van der Waals surface area (Å²) in [4.78, 5) is 11.7. The van der Waals surface area contributed by atoms with E-state index < -0.39 is 0 Å². The van der Waals surface area contributed by atoms with E-state index in [1.54, 1.807) is 6.92 Å². The van der Waals surface area contributed by atoms with Crippen molar-refractivity contribution in [2.45, 2.75) is 91.1 Å². The van der Waals surface area contributed by atoms with Crippen LogP contribution in [-0.2, 0) is 9.53 Å². The van der Waals surface area contributed by atoms with Crippen LogP contribution in [-0.4, -0.2) is 12.1 Å². The van der Waals surface area contributed by atoms with Crippen LogP contribution in [0.2, 0.25) is 0 Å². The zero-order chi connectivity index (χ0) is 16.2. The standard InChI is InChI=1S/C21H34O2/c1-14(22)23-19-8-4-6-15-9-10-16-17-7-5-12-20(17,2)13-11-18(16)21(15,19)3/h15-19H,4-13H2,1-3H3. The van der Waals surface area contributed by atoms with Crippen LogP contribution in [0, 0.1) is 34.5 Å². The molecule has 7 unspecified atom stereocenters. The number of fused-ring (bicyclic) bond motifs is 5. The van der Waals surface area contributed by atoms with Crippen molar-refractivity contribution in [1.29, 1.82) is 0 Å². The summed E-state index contributed by atoms with van der Waals surface area (Å²) in [5.74, 6) is 3.35. The van der Waals surface area contributed by atoms with E-state index in [2.05, 4.69) is 13.8 Å². The minimum absolute atomic E-state index is 0.0690. The predicted octanol–water partition coefficient (Wildman–Crippen LogP) is 5.35. The second kappa shape index (κ2) is 5.49. The number of hydrogen-bond acceptors (Lipinski definition) is 2. The van der Waals surface area contributed by atoms with Gasteiger partial charge in [0, 0.05) is 12.3 Å². The molecule has 0 aromatic rings. The maximum Gasteiger partial charge on any atom is 0.302 e. The highest BCUT2D eigenvalue weighted by Gasteiger charge is 2.60. The number of hydrogen-bond donors (Lipinski definition) is 0. The molecule has 4 aliphatic carbocycles. The smallest absolute Gasteiger partial charge is 0.302 e. The fraction of sp³-hybridized carbons (Fsp3) is 0.952. The second-order valence-corrected chi connectivity index (χ2v) is 9.63. The van der Waals surface area contributed by atoms with E-state index in [0.29, 0.717) is 5.41 Å². The molecule has 0 radical (unpaired) electrons. The molecule has 0 N–H and O–H groups in total. The first-order valence-electron chi connectivity index (χ1n) is 10.1. The maximum absolute atomic E-state index is 11.7. The van der Waals surface area contributed by atoms with Gasteiger partial charge in [-0.3, -0.25) is 4.79 Å². The molecule has 0 heterocycles. The van der Waals surface area contributed by atoms with Crippen LogP contribution >= 0.6 is 0 Å². The molecule has 4 aliphatic rings. The molecule has 0 saturated heterocycles. The molecule has 23 heavy (non-hydrogen) atoms. The van der Waals surface area contributed by atoms with Gasteiger partial charge in [0.1, 0.15) is 6.10 Å². The molecular formula is C21H34O2. The van der Waals surface area contributed by atoms with Gasteiger partial charge in [0.05, 0.1) is 0 Å². The molecule has 4 rings (SSSR count). The van der Waals surface area contributed by atoms with Crippen LogP contribution in [0.5, 0.6) is 0 Å². The van der Waals surface area contributed by atoms with Crippen molar-refractivity contribution < 1.29 is 9.53 Å². The molecule has 0 spiro atoms. The van der Waals surface area contributed by atoms with Crippen LogP contribution in [0.1, 0.15) is 85.0 Å². The molecule has 2 nitrogen and oxygen atoms in total. The average molecular weight is 319 g/mol. The highest BCUT2D eigenvalue weighted by molar-refractivity contribution is 5.66. The lowest BCUT2D eigenvalue weighted by Gasteiger charge is -2.61. The van der Waals surface area contributed by atoms with Gasteiger partial charge >= 0.3 is 5.97 Å².